The molecule has 0 aliphatic rings. The quantitative estimate of drug-likeness (QED) is 0.746. The van der Waals surface area contributed by atoms with Gasteiger partial charge < -0.3 is 14.7 Å². The van der Waals surface area contributed by atoms with Gasteiger partial charge in [0.25, 0.3) is 5.89 Å². The molecule has 2 N–H and O–H groups in total. The number of furan rings is 1. The summed E-state index contributed by atoms with van der Waals surface area (Å²) in [7, 11) is 0. The highest BCUT2D eigenvalue weighted by atomic mass is 16.5. The zero-order chi connectivity index (χ0) is 9.26. The van der Waals surface area contributed by atoms with E-state index in [1.165, 1.54) is 0 Å². The maximum atomic E-state index is 5.34. The van der Waals surface area contributed by atoms with Crippen LogP contribution < -0.4 is 5.73 Å². The number of aromatic nitrogens is 2. The maximum Gasteiger partial charge on any atom is 0.261 e. The first-order valence-electron chi connectivity index (χ1n) is 3.88. The van der Waals surface area contributed by atoms with Gasteiger partial charge in [-0.1, -0.05) is 5.16 Å². The Balaban J connectivity index is 2.35. The van der Waals surface area contributed by atoms with Gasteiger partial charge in [0.05, 0.1) is 12.1 Å². The van der Waals surface area contributed by atoms with Gasteiger partial charge in [-0.15, -0.1) is 0 Å². The van der Waals surface area contributed by atoms with Crippen molar-refractivity contribution in [2.45, 2.75) is 13.5 Å². The largest absolute Gasteiger partial charge is 0.469 e. The van der Waals surface area contributed by atoms with Crippen molar-refractivity contribution in [3.05, 3.63) is 23.9 Å². The van der Waals surface area contributed by atoms with Crippen molar-refractivity contribution in [1.29, 1.82) is 0 Å². The predicted molar refractivity (Wildman–Crippen MR) is 44.6 cm³/mol. The molecular formula is C8H9N3O2. The molecule has 2 aromatic heterocycles. The van der Waals surface area contributed by atoms with Crippen LogP contribution in [0.25, 0.3) is 11.5 Å². The lowest BCUT2D eigenvalue weighted by molar-refractivity contribution is 0.422. The summed E-state index contributed by atoms with van der Waals surface area (Å²) < 4.78 is 10.1. The third-order valence-corrected chi connectivity index (χ3v) is 1.63. The molecule has 0 atom stereocenters. The van der Waals surface area contributed by atoms with Gasteiger partial charge in [0.15, 0.2) is 5.82 Å². The maximum absolute atomic E-state index is 5.34. The molecule has 2 aromatic rings. The number of aryl methyl sites for hydroxylation is 1. The Morgan fingerprint density at radius 1 is 1.54 bits per heavy atom. The van der Waals surface area contributed by atoms with Crippen LogP contribution in [0.15, 0.2) is 21.3 Å². The van der Waals surface area contributed by atoms with E-state index >= 15 is 0 Å². The summed E-state index contributed by atoms with van der Waals surface area (Å²) >= 11 is 0. The van der Waals surface area contributed by atoms with E-state index in [9.17, 15) is 0 Å². The molecule has 0 spiro atoms. The average molecular weight is 179 g/mol. The van der Waals surface area contributed by atoms with E-state index in [1.807, 2.05) is 13.0 Å². The van der Waals surface area contributed by atoms with Crippen LogP contribution in [-0.2, 0) is 6.54 Å². The highest BCUT2D eigenvalue weighted by Gasteiger charge is 2.09. The molecule has 5 heteroatoms. The second-order valence-corrected chi connectivity index (χ2v) is 2.67. The summed E-state index contributed by atoms with van der Waals surface area (Å²) in [4.78, 5) is 4.05. The number of hydrogen-bond donors (Lipinski definition) is 1. The van der Waals surface area contributed by atoms with Crippen molar-refractivity contribution < 1.29 is 8.94 Å². The number of nitrogens with two attached hydrogens (primary N) is 1. The fraction of sp³-hybridized carbons (Fsp3) is 0.250. The minimum absolute atomic E-state index is 0.278. The van der Waals surface area contributed by atoms with E-state index in [4.69, 9.17) is 14.7 Å². The Labute approximate surface area is 74.5 Å². The van der Waals surface area contributed by atoms with E-state index in [-0.39, 0.29) is 6.54 Å². The van der Waals surface area contributed by atoms with Crippen molar-refractivity contribution in [2.24, 2.45) is 5.73 Å². The monoisotopic (exact) mass is 179 g/mol. The van der Waals surface area contributed by atoms with Gasteiger partial charge in [-0.2, -0.15) is 4.98 Å². The summed E-state index contributed by atoms with van der Waals surface area (Å²) in [6.45, 7) is 2.13. The highest BCUT2D eigenvalue weighted by Crippen LogP contribution is 2.19. The molecule has 13 heavy (non-hydrogen) atoms. The van der Waals surface area contributed by atoms with Crippen molar-refractivity contribution in [3.63, 3.8) is 0 Å². The second kappa shape index (κ2) is 3.02. The first-order chi connectivity index (χ1) is 6.29. The summed E-state index contributed by atoms with van der Waals surface area (Å²) in [5.74, 6) is 1.74. The van der Waals surface area contributed by atoms with Crippen LogP contribution in [-0.4, -0.2) is 10.1 Å². The van der Waals surface area contributed by atoms with E-state index in [0.29, 0.717) is 11.7 Å². The Bertz CT molecular complexity index is 405. The van der Waals surface area contributed by atoms with Crippen molar-refractivity contribution in [1.82, 2.24) is 10.1 Å². The summed E-state index contributed by atoms with van der Waals surface area (Å²) in [6.07, 6.45) is 1.57. The normalized spacial score (nSPS) is 10.6. The number of rotatable bonds is 2. The van der Waals surface area contributed by atoms with Gasteiger partial charge in [-0.3, -0.25) is 0 Å². The van der Waals surface area contributed by atoms with Crippen LogP contribution in [0, 0.1) is 6.92 Å². The molecule has 0 radical (unpaired) electrons. The van der Waals surface area contributed by atoms with Crippen LogP contribution in [0.3, 0.4) is 0 Å². The van der Waals surface area contributed by atoms with E-state index in [2.05, 4.69) is 10.1 Å². The summed E-state index contributed by atoms with van der Waals surface area (Å²) in [5.41, 5.74) is 6.12. The third-order valence-electron chi connectivity index (χ3n) is 1.63. The molecule has 0 unspecified atom stereocenters. The van der Waals surface area contributed by atoms with Crippen LogP contribution in [0.4, 0.5) is 0 Å². The SMILES string of the molecule is Cc1cc(-c2nc(CN)no2)co1. The molecule has 0 aliphatic carbocycles. The van der Waals surface area contributed by atoms with Gasteiger partial charge in [-0.05, 0) is 13.0 Å². The minimum atomic E-state index is 0.278. The number of nitrogens with zero attached hydrogens (tertiary/aromatic N) is 2. The Morgan fingerprint density at radius 2 is 2.38 bits per heavy atom. The second-order valence-electron chi connectivity index (χ2n) is 2.67. The standard InChI is InChI=1S/C8H9N3O2/c1-5-2-6(4-12-5)8-10-7(3-9)11-13-8/h2,4H,3,9H2,1H3. The molecule has 68 valence electrons. The van der Waals surface area contributed by atoms with Crippen molar-refractivity contribution in [2.75, 3.05) is 0 Å². The fourth-order valence-corrected chi connectivity index (χ4v) is 1.01. The first kappa shape index (κ1) is 8.00. The minimum Gasteiger partial charge on any atom is -0.469 e. The van der Waals surface area contributed by atoms with E-state index < -0.39 is 0 Å². The third kappa shape index (κ3) is 1.46. The van der Waals surface area contributed by atoms with Crippen LogP contribution in [0.2, 0.25) is 0 Å². The zero-order valence-electron chi connectivity index (χ0n) is 7.15. The van der Waals surface area contributed by atoms with Gasteiger partial charge in [0.1, 0.15) is 12.0 Å². The van der Waals surface area contributed by atoms with Crippen molar-refractivity contribution in [3.8, 4) is 11.5 Å². The van der Waals surface area contributed by atoms with Gasteiger partial charge >= 0.3 is 0 Å². The highest BCUT2D eigenvalue weighted by molar-refractivity contribution is 5.51. The van der Waals surface area contributed by atoms with Gasteiger partial charge in [0, 0.05) is 0 Å². The van der Waals surface area contributed by atoms with Crippen LogP contribution in [0.5, 0.6) is 0 Å². The summed E-state index contributed by atoms with van der Waals surface area (Å²) in [5, 5.41) is 3.67. The molecule has 5 nitrogen and oxygen atoms in total. The van der Waals surface area contributed by atoms with Crippen molar-refractivity contribution >= 4 is 0 Å². The molecule has 2 heterocycles. The smallest absolute Gasteiger partial charge is 0.261 e. The summed E-state index contributed by atoms with van der Waals surface area (Å²) in [6, 6.07) is 1.83. The molecule has 0 fully saturated rings. The Morgan fingerprint density at radius 3 is 2.92 bits per heavy atom. The molecule has 0 saturated heterocycles. The topological polar surface area (TPSA) is 78.1 Å². The molecule has 0 bridgehead atoms. The fourth-order valence-electron chi connectivity index (χ4n) is 1.01. The lowest BCUT2D eigenvalue weighted by atomic mass is 10.3. The molecule has 0 amide bonds. The Hall–Kier alpha value is -1.62. The zero-order valence-corrected chi connectivity index (χ0v) is 7.15. The molecule has 2 rings (SSSR count). The molecule has 0 saturated carbocycles. The molecular weight excluding hydrogens is 170 g/mol. The molecule has 0 aromatic carbocycles. The Kier molecular flexibility index (Phi) is 1.86. The number of hydrogen-bond acceptors (Lipinski definition) is 5. The van der Waals surface area contributed by atoms with Crippen LogP contribution >= 0.6 is 0 Å². The van der Waals surface area contributed by atoms with Gasteiger partial charge in [0.2, 0.25) is 0 Å². The first-order valence-corrected chi connectivity index (χ1v) is 3.88. The average Bonchev–Trinajstić information content (AvgIpc) is 2.71. The molecule has 0 aliphatic heterocycles. The lowest BCUT2D eigenvalue weighted by Gasteiger charge is -1.81. The van der Waals surface area contributed by atoms with E-state index in [1.54, 1.807) is 6.26 Å². The lowest BCUT2D eigenvalue weighted by Crippen LogP contribution is -1.97. The van der Waals surface area contributed by atoms with E-state index in [0.717, 1.165) is 11.3 Å². The predicted octanol–water partition coefficient (Wildman–Crippen LogP) is 1.10. The van der Waals surface area contributed by atoms with Crippen LogP contribution in [0.1, 0.15) is 11.6 Å². The van der Waals surface area contributed by atoms with Gasteiger partial charge in [-0.25, -0.2) is 0 Å².